The highest BCUT2D eigenvalue weighted by Gasteiger charge is 2.38. The molecule has 2 aromatic rings. The first-order valence-electron chi connectivity index (χ1n) is 9.36. The van der Waals surface area contributed by atoms with Crippen molar-refractivity contribution in [1.82, 2.24) is 10.3 Å². The third kappa shape index (κ3) is 3.55. The Kier molecular flexibility index (Phi) is 4.96. The number of rotatable bonds is 3. The van der Waals surface area contributed by atoms with Crippen LogP contribution in [0.4, 0.5) is 14.5 Å². The number of carbonyl (C=O) groups is 2. The molecule has 0 spiro atoms. The molecule has 29 heavy (non-hydrogen) atoms. The van der Waals surface area contributed by atoms with Gasteiger partial charge in [0, 0.05) is 53.3 Å². The van der Waals surface area contributed by atoms with Crippen LogP contribution < -0.4 is 10.6 Å². The van der Waals surface area contributed by atoms with E-state index in [2.05, 4.69) is 15.6 Å². The molecule has 5 nitrogen and oxygen atoms in total. The van der Waals surface area contributed by atoms with Crippen molar-refractivity contribution in [3.8, 4) is 0 Å². The van der Waals surface area contributed by atoms with Crippen molar-refractivity contribution in [3.63, 3.8) is 0 Å². The van der Waals surface area contributed by atoms with Gasteiger partial charge in [-0.1, -0.05) is 0 Å². The maximum atomic E-state index is 14.1. The van der Waals surface area contributed by atoms with E-state index in [1.165, 1.54) is 6.07 Å². The molecule has 2 N–H and O–H groups in total. The highest BCUT2D eigenvalue weighted by Crippen LogP contribution is 2.42. The van der Waals surface area contributed by atoms with Gasteiger partial charge in [0.2, 0.25) is 0 Å². The second kappa shape index (κ2) is 7.58. The van der Waals surface area contributed by atoms with Gasteiger partial charge in [0.05, 0.1) is 5.69 Å². The van der Waals surface area contributed by atoms with E-state index in [4.69, 9.17) is 0 Å². The van der Waals surface area contributed by atoms with E-state index in [0.717, 1.165) is 30.2 Å². The van der Waals surface area contributed by atoms with Crippen LogP contribution >= 0.6 is 0 Å². The predicted molar refractivity (Wildman–Crippen MR) is 104 cm³/mol. The molecule has 2 aliphatic rings. The standard InChI is InChI=1S/C22H19F2N3O2/c1-12-19(22(29)27-16-6-5-14(23)11-15(16)24)20(13-7-9-25-10-8-13)21-17(26-12)3-2-4-18(21)28/h5-11,20,26H,2-4H2,1H3,(H,27,29). The smallest absolute Gasteiger partial charge is 0.254 e. The van der Waals surface area contributed by atoms with Crippen molar-refractivity contribution in [2.75, 3.05) is 5.32 Å². The number of dihydropyridines is 1. The molecular weight excluding hydrogens is 376 g/mol. The zero-order chi connectivity index (χ0) is 20.5. The van der Waals surface area contributed by atoms with Crippen LogP contribution in [0.15, 0.2) is 65.3 Å². The summed E-state index contributed by atoms with van der Waals surface area (Å²) < 4.78 is 27.3. The van der Waals surface area contributed by atoms with Gasteiger partial charge in [0.1, 0.15) is 11.6 Å². The highest BCUT2D eigenvalue weighted by atomic mass is 19.1. The first-order valence-corrected chi connectivity index (χ1v) is 9.36. The van der Waals surface area contributed by atoms with Crippen molar-refractivity contribution in [1.29, 1.82) is 0 Å². The molecule has 0 fully saturated rings. The van der Waals surface area contributed by atoms with Crippen LogP contribution in [0.3, 0.4) is 0 Å². The van der Waals surface area contributed by atoms with Gasteiger partial charge < -0.3 is 10.6 Å². The van der Waals surface area contributed by atoms with Crippen LogP contribution in [-0.2, 0) is 9.59 Å². The van der Waals surface area contributed by atoms with Gasteiger partial charge in [0.15, 0.2) is 5.78 Å². The number of hydrogen-bond donors (Lipinski definition) is 2. The Morgan fingerprint density at radius 3 is 2.66 bits per heavy atom. The molecule has 1 aliphatic heterocycles. The molecule has 1 amide bonds. The second-order valence-electron chi connectivity index (χ2n) is 7.12. The van der Waals surface area contributed by atoms with E-state index in [-0.39, 0.29) is 11.5 Å². The number of allylic oxidation sites excluding steroid dienone is 3. The number of ketones is 1. The highest BCUT2D eigenvalue weighted by molar-refractivity contribution is 6.09. The van der Waals surface area contributed by atoms with Gasteiger partial charge in [-0.2, -0.15) is 0 Å². The lowest BCUT2D eigenvalue weighted by Crippen LogP contribution is -2.35. The fourth-order valence-corrected chi connectivity index (χ4v) is 3.95. The molecule has 0 bridgehead atoms. The number of halogens is 2. The summed E-state index contributed by atoms with van der Waals surface area (Å²) in [6, 6.07) is 6.49. The quantitative estimate of drug-likeness (QED) is 0.825. The molecule has 0 radical (unpaired) electrons. The van der Waals surface area contributed by atoms with E-state index in [0.29, 0.717) is 29.3 Å². The van der Waals surface area contributed by atoms with E-state index in [1.807, 2.05) is 0 Å². The Balaban J connectivity index is 1.77. The number of Topliss-reactive ketones (excluding diaryl/α,β-unsaturated/α-hetero) is 1. The number of amides is 1. The summed E-state index contributed by atoms with van der Waals surface area (Å²) >= 11 is 0. The minimum atomic E-state index is -0.866. The summed E-state index contributed by atoms with van der Waals surface area (Å²) in [6.45, 7) is 1.76. The Hall–Kier alpha value is -3.35. The summed E-state index contributed by atoms with van der Waals surface area (Å²) in [5.41, 5.74) is 2.95. The summed E-state index contributed by atoms with van der Waals surface area (Å²) in [5.74, 6) is -2.73. The molecule has 1 unspecified atom stereocenters. The van der Waals surface area contributed by atoms with Crippen molar-refractivity contribution >= 4 is 17.4 Å². The number of hydrogen-bond acceptors (Lipinski definition) is 4. The normalized spacial score (nSPS) is 19.0. The monoisotopic (exact) mass is 395 g/mol. The third-order valence-electron chi connectivity index (χ3n) is 5.24. The van der Waals surface area contributed by atoms with Crippen LogP contribution in [0.1, 0.15) is 37.7 Å². The molecule has 7 heteroatoms. The molecule has 0 saturated heterocycles. The van der Waals surface area contributed by atoms with E-state index < -0.39 is 23.5 Å². The number of nitrogens with zero attached hydrogens (tertiary/aromatic N) is 1. The fraction of sp³-hybridized carbons (Fsp3) is 0.227. The SMILES string of the molecule is CC1=C(C(=O)Nc2ccc(F)cc2F)C(c2ccncc2)C2=C(CCCC2=O)N1. The summed E-state index contributed by atoms with van der Waals surface area (Å²) in [5, 5.41) is 5.72. The van der Waals surface area contributed by atoms with Gasteiger partial charge in [-0.25, -0.2) is 8.78 Å². The lowest BCUT2D eigenvalue weighted by molar-refractivity contribution is -0.116. The van der Waals surface area contributed by atoms with Crippen molar-refractivity contribution < 1.29 is 18.4 Å². The first-order chi connectivity index (χ1) is 14.0. The number of anilines is 1. The largest absolute Gasteiger partial charge is 0.362 e. The van der Waals surface area contributed by atoms with E-state index in [9.17, 15) is 18.4 Å². The van der Waals surface area contributed by atoms with Crippen molar-refractivity contribution in [3.05, 3.63) is 82.5 Å². The zero-order valence-electron chi connectivity index (χ0n) is 15.8. The number of benzene rings is 1. The maximum absolute atomic E-state index is 14.1. The average Bonchev–Trinajstić information content (AvgIpc) is 2.70. The van der Waals surface area contributed by atoms with Crippen LogP contribution in [0.5, 0.6) is 0 Å². The Bertz CT molecular complexity index is 1060. The molecule has 1 aromatic heterocycles. The van der Waals surface area contributed by atoms with Crippen molar-refractivity contribution in [2.45, 2.75) is 32.1 Å². The van der Waals surface area contributed by atoms with E-state index in [1.54, 1.807) is 31.5 Å². The second-order valence-corrected chi connectivity index (χ2v) is 7.12. The number of pyridine rings is 1. The summed E-state index contributed by atoms with van der Waals surface area (Å²) in [7, 11) is 0. The van der Waals surface area contributed by atoms with Crippen LogP contribution in [0.25, 0.3) is 0 Å². The molecule has 1 aromatic carbocycles. The Labute approximate surface area is 166 Å². The Morgan fingerprint density at radius 2 is 1.93 bits per heavy atom. The molecular formula is C22H19F2N3O2. The van der Waals surface area contributed by atoms with Gasteiger partial charge >= 0.3 is 0 Å². The van der Waals surface area contributed by atoms with Gasteiger partial charge in [-0.05, 0) is 49.6 Å². The van der Waals surface area contributed by atoms with Crippen molar-refractivity contribution in [2.24, 2.45) is 0 Å². The minimum absolute atomic E-state index is 0.00803. The molecule has 1 atom stereocenters. The van der Waals surface area contributed by atoms with E-state index >= 15 is 0 Å². The lowest BCUT2D eigenvalue weighted by Gasteiger charge is -2.34. The number of carbonyl (C=O) groups excluding carboxylic acids is 2. The molecule has 148 valence electrons. The van der Waals surface area contributed by atoms with Crippen LogP contribution in [-0.4, -0.2) is 16.7 Å². The lowest BCUT2D eigenvalue weighted by atomic mass is 9.75. The van der Waals surface area contributed by atoms with Gasteiger partial charge in [-0.3, -0.25) is 14.6 Å². The average molecular weight is 395 g/mol. The minimum Gasteiger partial charge on any atom is -0.362 e. The maximum Gasteiger partial charge on any atom is 0.254 e. The first kappa shape index (κ1) is 19.0. The van der Waals surface area contributed by atoms with Gasteiger partial charge in [-0.15, -0.1) is 0 Å². The van der Waals surface area contributed by atoms with Gasteiger partial charge in [0.25, 0.3) is 5.91 Å². The predicted octanol–water partition coefficient (Wildman–Crippen LogP) is 3.97. The summed E-state index contributed by atoms with van der Waals surface area (Å²) in [6.07, 6.45) is 5.11. The topological polar surface area (TPSA) is 71.1 Å². The molecule has 4 rings (SSSR count). The fourth-order valence-electron chi connectivity index (χ4n) is 3.95. The third-order valence-corrected chi connectivity index (χ3v) is 5.24. The van der Waals surface area contributed by atoms with Crippen LogP contribution in [0.2, 0.25) is 0 Å². The van der Waals surface area contributed by atoms with Crippen LogP contribution in [0, 0.1) is 11.6 Å². The molecule has 2 heterocycles. The Morgan fingerprint density at radius 1 is 1.17 bits per heavy atom. The molecule has 0 saturated carbocycles. The number of aromatic nitrogens is 1. The molecule has 1 aliphatic carbocycles. The summed E-state index contributed by atoms with van der Waals surface area (Å²) in [4.78, 5) is 30.0. The zero-order valence-corrected chi connectivity index (χ0v) is 15.8. The number of nitrogens with one attached hydrogen (secondary N) is 2.